The Bertz CT molecular complexity index is 2820. The summed E-state index contributed by atoms with van der Waals surface area (Å²) in [4.78, 5) is 0. The number of aromatic nitrogens is 3. The van der Waals surface area contributed by atoms with Gasteiger partial charge in [0.25, 0.3) is 0 Å². The molecule has 178 valence electrons. The Balaban J connectivity index is 1.53. The average molecular weight is 494 g/mol. The molecule has 0 N–H and O–H groups in total. The third kappa shape index (κ3) is 1.89. The molecule has 0 aliphatic carbocycles. The Morgan fingerprint density at radius 3 is 1.46 bits per heavy atom. The van der Waals surface area contributed by atoms with Crippen molar-refractivity contribution in [3.05, 3.63) is 115 Å². The molecule has 5 heterocycles. The molecule has 3 heteroatoms. The molecule has 0 aliphatic heterocycles. The summed E-state index contributed by atoms with van der Waals surface area (Å²) in [6.07, 6.45) is 0. The van der Waals surface area contributed by atoms with Crippen LogP contribution in [0.25, 0.3) is 92.7 Å². The van der Waals surface area contributed by atoms with E-state index >= 15 is 0 Å². The van der Waals surface area contributed by atoms with Crippen LogP contribution in [0.1, 0.15) is 0 Å². The number of rotatable bonds is 0. The second-order valence-corrected chi connectivity index (χ2v) is 10.9. The standard InChI is InChI=1S/C36H19N3/c1-3-14-27-20(8-1)22-10-5-13-26-32-29(37(27)33(22)26)19-18-25-24-12-7-16-30-35(24)39(36(25)32)31-17-6-11-23-21-9-2-4-15-28(21)38(30)34(23)31/h1-19H. The SMILES string of the molecule is c1ccc2c(c1)c1cccc3c4c(ccc5c6cccc7c6n(c6cccc8c9ccccc9n7c86)c54)n2c13. The van der Waals surface area contributed by atoms with Gasteiger partial charge >= 0.3 is 0 Å². The minimum Gasteiger partial charge on any atom is -0.308 e. The lowest BCUT2D eigenvalue weighted by Gasteiger charge is -2.11. The fourth-order valence-electron chi connectivity index (χ4n) is 7.90. The van der Waals surface area contributed by atoms with Crippen LogP contribution in [0.15, 0.2) is 115 Å². The lowest BCUT2D eigenvalue weighted by atomic mass is 10.1. The molecule has 11 aromatic rings. The Labute approximate surface area is 221 Å². The van der Waals surface area contributed by atoms with E-state index in [2.05, 4.69) is 128 Å². The molecule has 0 fully saturated rings. The molecule has 3 nitrogen and oxygen atoms in total. The van der Waals surface area contributed by atoms with E-state index in [1.54, 1.807) is 0 Å². The van der Waals surface area contributed by atoms with Gasteiger partial charge in [-0.05, 0) is 30.3 Å². The Hall–Kier alpha value is -5.28. The highest BCUT2D eigenvalue weighted by atomic mass is 15.0. The lowest BCUT2D eigenvalue weighted by molar-refractivity contribution is 1.26. The molecule has 6 aromatic carbocycles. The van der Waals surface area contributed by atoms with Gasteiger partial charge in [-0.15, -0.1) is 0 Å². The molecule has 0 atom stereocenters. The Morgan fingerprint density at radius 1 is 0.256 bits per heavy atom. The van der Waals surface area contributed by atoms with E-state index in [-0.39, 0.29) is 0 Å². The van der Waals surface area contributed by atoms with Gasteiger partial charge in [-0.2, -0.15) is 0 Å². The molecule has 0 saturated carbocycles. The van der Waals surface area contributed by atoms with Crippen LogP contribution >= 0.6 is 0 Å². The maximum absolute atomic E-state index is 2.56. The van der Waals surface area contributed by atoms with Crippen molar-refractivity contribution in [3.8, 4) is 0 Å². The summed E-state index contributed by atoms with van der Waals surface area (Å²) in [6, 6.07) is 42.8. The first kappa shape index (κ1) is 18.9. The number of benzene rings is 6. The largest absolute Gasteiger partial charge is 0.308 e. The van der Waals surface area contributed by atoms with Crippen LogP contribution in [0.4, 0.5) is 0 Å². The highest BCUT2D eigenvalue weighted by molar-refractivity contribution is 6.32. The summed E-state index contributed by atoms with van der Waals surface area (Å²) in [6.45, 7) is 0. The molecular formula is C36H19N3. The zero-order valence-corrected chi connectivity index (χ0v) is 20.8. The zero-order valence-electron chi connectivity index (χ0n) is 20.8. The number of hydrogen-bond donors (Lipinski definition) is 0. The summed E-state index contributed by atoms with van der Waals surface area (Å²) in [5, 5.41) is 10.5. The number of nitrogens with zero attached hydrogens (tertiary/aromatic N) is 3. The van der Waals surface area contributed by atoms with E-state index in [9.17, 15) is 0 Å². The highest BCUT2D eigenvalue weighted by Gasteiger charge is 2.24. The van der Waals surface area contributed by atoms with Crippen LogP contribution < -0.4 is 0 Å². The quantitative estimate of drug-likeness (QED) is 0.187. The van der Waals surface area contributed by atoms with Gasteiger partial charge in [0.05, 0.1) is 49.7 Å². The van der Waals surface area contributed by atoms with Crippen molar-refractivity contribution in [2.75, 3.05) is 0 Å². The monoisotopic (exact) mass is 493 g/mol. The van der Waals surface area contributed by atoms with Crippen molar-refractivity contribution >= 4 is 92.7 Å². The Kier molecular flexibility index (Phi) is 2.93. The molecule has 0 aliphatic rings. The van der Waals surface area contributed by atoms with E-state index < -0.39 is 0 Å². The fourth-order valence-corrected chi connectivity index (χ4v) is 7.90. The minimum absolute atomic E-state index is 1.25. The highest BCUT2D eigenvalue weighted by Crippen LogP contribution is 2.46. The molecule has 0 bridgehead atoms. The van der Waals surface area contributed by atoms with Crippen molar-refractivity contribution in [2.24, 2.45) is 0 Å². The van der Waals surface area contributed by atoms with Gasteiger partial charge in [0.15, 0.2) is 0 Å². The van der Waals surface area contributed by atoms with Crippen LogP contribution in [-0.4, -0.2) is 13.2 Å². The molecule has 5 aromatic heterocycles. The number of para-hydroxylation sites is 5. The predicted molar refractivity (Wildman–Crippen MR) is 164 cm³/mol. The molecule has 0 saturated heterocycles. The molecule has 11 rings (SSSR count). The number of fused-ring (bicyclic) bond motifs is 15. The molecule has 0 radical (unpaired) electrons. The molecular weight excluding hydrogens is 474 g/mol. The van der Waals surface area contributed by atoms with Crippen molar-refractivity contribution in [2.45, 2.75) is 0 Å². The zero-order chi connectivity index (χ0) is 25.0. The van der Waals surface area contributed by atoms with E-state index in [0.29, 0.717) is 0 Å². The summed E-state index contributed by atoms with van der Waals surface area (Å²) >= 11 is 0. The fraction of sp³-hybridized carbons (Fsp3) is 0. The van der Waals surface area contributed by atoms with Gasteiger partial charge < -0.3 is 13.2 Å². The van der Waals surface area contributed by atoms with E-state index in [0.717, 1.165) is 0 Å². The summed E-state index contributed by atoms with van der Waals surface area (Å²) in [7, 11) is 0. The smallest absolute Gasteiger partial charge is 0.0783 e. The first-order valence-electron chi connectivity index (χ1n) is 13.6. The summed E-state index contributed by atoms with van der Waals surface area (Å²) in [5.41, 5.74) is 11.5. The first-order chi connectivity index (χ1) is 19.4. The Morgan fingerprint density at radius 2 is 0.718 bits per heavy atom. The van der Waals surface area contributed by atoms with E-state index in [1.165, 1.54) is 92.7 Å². The molecule has 39 heavy (non-hydrogen) atoms. The van der Waals surface area contributed by atoms with Crippen LogP contribution in [0.5, 0.6) is 0 Å². The summed E-state index contributed by atoms with van der Waals surface area (Å²) in [5.74, 6) is 0. The van der Waals surface area contributed by atoms with Gasteiger partial charge in [0.1, 0.15) is 0 Å². The van der Waals surface area contributed by atoms with Crippen molar-refractivity contribution in [3.63, 3.8) is 0 Å². The third-order valence-electron chi connectivity index (χ3n) is 9.27. The second-order valence-electron chi connectivity index (χ2n) is 10.9. The lowest BCUT2D eigenvalue weighted by Crippen LogP contribution is -1.97. The van der Waals surface area contributed by atoms with Crippen LogP contribution in [0.2, 0.25) is 0 Å². The predicted octanol–water partition coefficient (Wildman–Crippen LogP) is 9.39. The van der Waals surface area contributed by atoms with Crippen molar-refractivity contribution < 1.29 is 0 Å². The van der Waals surface area contributed by atoms with Gasteiger partial charge in [0.2, 0.25) is 0 Å². The maximum atomic E-state index is 2.56. The van der Waals surface area contributed by atoms with Crippen molar-refractivity contribution in [1.29, 1.82) is 0 Å². The summed E-state index contributed by atoms with van der Waals surface area (Å²) < 4.78 is 7.54. The van der Waals surface area contributed by atoms with Crippen LogP contribution in [0.3, 0.4) is 0 Å². The molecule has 0 unspecified atom stereocenters. The minimum atomic E-state index is 1.25. The van der Waals surface area contributed by atoms with Gasteiger partial charge in [-0.25, -0.2) is 0 Å². The number of hydrogen-bond acceptors (Lipinski definition) is 0. The van der Waals surface area contributed by atoms with Crippen molar-refractivity contribution in [1.82, 2.24) is 13.2 Å². The van der Waals surface area contributed by atoms with E-state index in [1.807, 2.05) is 0 Å². The molecule has 0 amide bonds. The van der Waals surface area contributed by atoms with E-state index in [4.69, 9.17) is 0 Å². The van der Waals surface area contributed by atoms with Gasteiger partial charge in [0, 0.05) is 43.1 Å². The normalized spacial score (nSPS) is 13.1. The second kappa shape index (κ2) is 6.06. The topological polar surface area (TPSA) is 13.2 Å². The van der Waals surface area contributed by atoms with Gasteiger partial charge in [-0.3, -0.25) is 0 Å². The average Bonchev–Trinajstić information content (AvgIpc) is 3.71. The van der Waals surface area contributed by atoms with Crippen LogP contribution in [-0.2, 0) is 0 Å². The van der Waals surface area contributed by atoms with Crippen LogP contribution in [0, 0.1) is 0 Å². The maximum Gasteiger partial charge on any atom is 0.0783 e. The van der Waals surface area contributed by atoms with Gasteiger partial charge in [-0.1, -0.05) is 84.9 Å². The third-order valence-corrected chi connectivity index (χ3v) is 9.27. The molecule has 0 spiro atoms. The first-order valence-corrected chi connectivity index (χ1v) is 13.6.